The third-order valence-electron chi connectivity index (χ3n) is 3.26. The number of hydrogen-bond donors (Lipinski definition) is 2. The number of likely N-dealkylation sites (tertiary alicyclic amines) is 1. The predicted octanol–water partition coefficient (Wildman–Crippen LogP) is 0.623. The highest BCUT2D eigenvalue weighted by molar-refractivity contribution is 5.85. The van der Waals surface area contributed by atoms with Crippen LogP contribution in [-0.2, 0) is 16.1 Å². The van der Waals surface area contributed by atoms with E-state index in [1.165, 1.54) is 6.33 Å². The number of nitrogens with zero attached hydrogens (tertiary/aromatic N) is 3. The molecule has 1 atom stereocenters. The van der Waals surface area contributed by atoms with E-state index in [2.05, 4.69) is 15.5 Å². The molecule has 1 unspecified atom stereocenters. The molecule has 0 bridgehead atoms. The van der Waals surface area contributed by atoms with Crippen molar-refractivity contribution in [2.75, 3.05) is 13.1 Å². The van der Waals surface area contributed by atoms with Gasteiger partial charge in [-0.1, -0.05) is 5.16 Å². The third-order valence-corrected chi connectivity index (χ3v) is 3.26. The number of ether oxygens (including phenoxy) is 1. The number of carbonyl (C=O) groups excluding carboxylic acids is 1. The number of hydrogen-bond acceptors (Lipinski definition) is 7. The van der Waals surface area contributed by atoms with E-state index in [1.54, 1.807) is 20.8 Å². The zero-order valence-electron chi connectivity index (χ0n) is 12.8. The van der Waals surface area contributed by atoms with Crippen LogP contribution in [0.25, 0.3) is 0 Å². The molecule has 2 N–H and O–H groups in total. The first kappa shape index (κ1) is 16.2. The summed E-state index contributed by atoms with van der Waals surface area (Å²) in [4.78, 5) is 29.3. The fourth-order valence-corrected chi connectivity index (χ4v) is 2.31. The number of aliphatic carboxylic acids is 1. The summed E-state index contributed by atoms with van der Waals surface area (Å²) in [7, 11) is 0. The van der Waals surface area contributed by atoms with Crippen LogP contribution < -0.4 is 5.32 Å². The van der Waals surface area contributed by atoms with Gasteiger partial charge in [-0.3, -0.25) is 4.90 Å². The first-order valence-electron chi connectivity index (χ1n) is 6.93. The number of carbonyl (C=O) groups is 2. The molecule has 9 nitrogen and oxygen atoms in total. The Kier molecular flexibility index (Phi) is 4.36. The molecule has 0 radical (unpaired) electrons. The van der Waals surface area contributed by atoms with Crippen molar-refractivity contribution in [3.8, 4) is 0 Å². The second kappa shape index (κ2) is 5.91. The van der Waals surface area contributed by atoms with Crippen LogP contribution in [0.3, 0.4) is 0 Å². The molecule has 1 fully saturated rings. The molecule has 1 aliphatic heterocycles. The molecule has 22 heavy (non-hydrogen) atoms. The van der Waals surface area contributed by atoms with E-state index in [1.807, 2.05) is 4.90 Å². The highest BCUT2D eigenvalue weighted by atomic mass is 16.6. The lowest BCUT2D eigenvalue weighted by molar-refractivity contribution is -0.144. The van der Waals surface area contributed by atoms with E-state index in [-0.39, 0.29) is 13.0 Å². The Balaban J connectivity index is 2.01. The first-order chi connectivity index (χ1) is 10.2. The second-order valence-corrected chi connectivity index (χ2v) is 6.31. The molecule has 9 heteroatoms. The Hall–Kier alpha value is -2.16. The summed E-state index contributed by atoms with van der Waals surface area (Å²) in [6, 6.07) is 0. The molecule has 1 aromatic rings. The molecule has 1 aromatic heterocycles. The number of amides is 1. The van der Waals surface area contributed by atoms with Crippen LogP contribution in [0.5, 0.6) is 0 Å². The summed E-state index contributed by atoms with van der Waals surface area (Å²) in [6.45, 7) is 6.13. The summed E-state index contributed by atoms with van der Waals surface area (Å²) in [5.41, 5.74) is -2.06. The Morgan fingerprint density at radius 2 is 2.27 bits per heavy atom. The van der Waals surface area contributed by atoms with Crippen LogP contribution in [0.15, 0.2) is 10.9 Å². The van der Waals surface area contributed by atoms with E-state index >= 15 is 0 Å². The van der Waals surface area contributed by atoms with E-state index in [4.69, 9.17) is 9.26 Å². The molecule has 2 heterocycles. The lowest BCUT2D eigenvalue weighted by Crippen LogP contribution is -2.57. The predicted molar refractivity (Wildman–Crippen MR) is 73.9 cm³/mol. The maximum atomic E-state index is 11.9. The fourth-order valence-electron chi connectivity index (χ4n) is 2.31. The number of aromatic nitrogens is 2. The van der Waals surface area contributed by atoms with Crippen molar-refractivity contribution in [2.24, 2.45) is 0 Å². The van der Waals surface area contributed by atoms with E-state index in [0.717, 1.165) is 0 Å². The number of alkyl carbamates (subject to hydrolysis) is 1. The van der Waals surface area contributed by atoms with Gasteiger partial charge in [0.25, 0.3) is 0 Å². The smallest absolute Gasteiger partial charge is 0.408 e. The van der Waals surface area contributed by atoms with Crippen LogP contribution >= 0.6 is 0 Å². The Labute approximate surface area is 127 Å². The summed E-state index contributed by atoms with van der Waals surface area (Å²) in [5, 5.41) is 15.5. The van der Waals surface area contributed by atoms with Crippen molar-refractivity contribution in [3.63, 3.8) is 0 Å². The van der Waals surface area contributed by atoms with Crippen LogP contribution in [-0.4, -0.2) is 56.4 Å². The van der Waals surface area contributed by atoms with Crippen molar-refractivity contribution in [1.29, 1.82) is 0 Å². The van der Waals surface area contributed by atoms with Gasteiger partial charge in [-0.2, -0.15) is 4.98 Å². The summed E-state index contributed by atoms with van der Waals surface area (Å²) >= 11 is 0. The zero-order chi connectivity index (χ0) is 16.4. The summed E-state index contributed by atoms with van der Waals surface area (Å²) in [5.74, 6) is -0.690. The summed E-state index contributed by atoms with van der Waals surface area (Å²) in [6.07, 6.45) is 0.819. The number of nitrogens with one attached hydrogen (secondary N) is 1. The lowest BCUT2D eigenvalue weighted by atomic mass is 9.99. The lowest BCUT2D eigenvalue weighted by Gasteiger charge is -2.28. The molecule has 0 spiro atoms. The quantitative estimate of drug-likeness (QED) is 0.831. The van der Waals surface area contributed by atoms with Crippen LogP contribution in [0.4, 0.5) is 4.79 Å². The molecule has 122 valence electrons. The van der Waals surface area contributed by atoms with Crippen molar-refractivity contribution >= 4 is 12.1 Å². The maximum absolute atomic E-state index is 11.9. The molecule has 2 rings (SSSR count). The van der Waals surface area contributed by atoms with Crippen molar-refractivity contribution < 1.29 is 24.0 Å². The number of carboxylic acid groups (broad SMARTS) is 1. The first-order valence-corrected chi connectivity index (χ1v) is 6.93. The van der Waals surface area contributed by atoms with Crippen molar-refractivity contribution in [2.45, 2.75) is 44.9 Å². The maximum Gasteiger partial charge on any atom is 0.408 e. The van der Waals surface area contributed by atoms with Gasteiger partial charge in [0.05, 0.1) is 6.54 Å². The third kappa shape index (κ3) is 3.94. The van der Waals surface area contributed by atoms with Crippen molar-refractivity contribution in [3.05, 3.63) is 12.2 Å². The van der Waals surface area contributed by atoms with Crippen LogP contribution in [0, 0.1) is 0 Å². The van der Waals surface area contributed by atoms with Gasteiger partial charge in [-0.25, -0.2) is 9.59 Å². The SMILES string of the molecule is CC(C)(C)OC(=O)NC1(C(=O)O)CCN(Cc2ncno2)C1. The number of rotatable bonds is 4. The van der Waals surface area contributed by atoms with Gasteiger partial charge in [0.15, 0.2) is 11.9 Å². The average molecular weight is 312 g/mol. The minimum Gasteiger partial charge on any atom is -0.479 e. The van der Waals surface area contributed by atoms with Gasteiger partial charge in [0, 0.05) is 13.1 Å². The van der Waals surface area contributed by atoms with E-state index in [9.17, 15) is 14.7 Å². The molecule has 0 aromatic carbocycles. The average Bonchev–Trinajstić information content (AvgIpc) is 2.98. The molecule has 0 aliphatic carbocycles. The van der Waals surface area contributed by atoms with Gasteiger partial charge in [-0.05, 0) is 27.2 Å². The molecule has 1 amide bonds. The van der Waals surface area contributed by atoms with Crippen LogP contribution in [0.2, 0.25) is 0 Å². The summed E-state index contributed by atoms with van der Waals surface area (Å²) < 4.78 is 10.1. The Bertz CT molecular complexity index is 539. The standard InChI is InChI=1S/C13H20N4O5/c1-12(2,3)21-11(20)16-13(10(18)19)4-5-17(7-13)6-9-14-8-15-22-9/h8H,4-7H2,1-3H3,(H,16,20)(H,18,19). The minimum absolute atomic E-state index is 0.143. The molecule has 1 aliphatic rings. The molecular formula is C13H20N4O5. The number of carboxylic acids is 1. The van der Waals surface area contributed by atoms with E-state index in [0.29, 0.717) is 19.0 Å². The second-order valence-electron chi connectivity index (χ2n) is 6.31. The fraction of sp³-hybridized carbons (Fsp3) is 0.692. The Morgan fingerprint density at radius 3 is 2.82 bits per heavy atom. The van der Waals surface area contributed by atoms with Gasteiger partial charge < -0.3 is 19.7 Å². The molecule has 1 saturated heterocycles. The molecular weight excluding hydrogens is 292 g/mol. The highest BCUT2D eigenvalue weighted by Gasteiger charge is 2.47. The van der Waals surface area contributed by atoms with Crippen molar-refractivity contribution in [1.82, 2.24) is 20.4 Å². The van der Waals surface area contributed by atoms with Gasteiger partial charge >= 0.3 is 12.1 Å². The highest BCUT2D eigenvalue weighted by Crippen LogP contribution is 2.24. The topological polar surface area (TPSA) is 118 Å². The van der Waals surface area contributed by atoms with Gasteiger partial charge in [0.2, 0.25) is 5.89 Å². The minimum atomic E-state index is -1.37. The Morgan fingerprint density at radius 1 is 1.55 bits per heavy atom. The normalized spacial score (nSPS) is 22.5. The van der Waals surface area contributed by atoms with E-state index < -0.39 is 23.2 Å². The monoisotopic (exact) mass is 312 g/mol. The van der Waals surface area contributed by atoms with Gasteiger partial charge in [-0.15, -0.1) is 0 Å². The zero-order valence-corrected chi connectivity index (χ0v) is 12.8. The molecule has 0 saturated carbocycles. The largest absolute Gasteiger partial charge is 0.479 e. The van der Waals surface area contributed by atoms with Crippen LogP contribution in [0.1, 0.15) is 33.1 Å². The van der Waals surface area contributed by atoms with Gasteiger partial charge in [0.1, 0.15) is 5.60 Å².